The summed E-state index contributed by atoms with van der Waals surface area (Å²) in [4.78, 5) is 27.8. The van der Waals surface area contributed by atoms with Crippen molar-refractivity contribution in [3.8, 4) is 10.6 Å². The molecule has 0 radical (unpaired) electrons. The largest absolute Gasteiger partial charge is 0.340 e. The number of aromatic amines is 1. The van der Waals surface area contributed by atoms with Crippen LogP contribution < -0.4 is 0 Å². The summed E-state index contributed by atoms with van der Waals surface area (Å²) in [6.45, 7) is 2.80. The summed E-state index contributed by atoms with van der Waals surface area (Å²) < 4.78 is 0. The zero-order valence-corrected chi connectivity index (χ0v) is 16.4. The number of amides is 1. The lowest BCUT2D eigenvalue weighted by molar-refractivity contribution is 0.0725. The number of carbonyl (C=O) groups excluding carboxylic acids is 1. The second-order valence-corrected chi connectivity index (χ2v) is 8.06. The van der Waals surface area contributed by atoms with Crippen molar-refractivity contribution < 1.29 is 4.79 Å². The first-order chi connectivity index (χ1) is 13.7. The first kappa shape index (κ1) is 17.1. The number of benzene rings is 2. The third-order valence-electron chi connectivity index (χ3n) is 5.26. The van der Waals surface area contributed by atoms with Crippen LogP contribution in [0.25, 0.3) is 21.6 Å². The maximum Gasteiger partial charge on any atom is 0.273 e. The molecule has 1 fully saturated rings. The van der Waals surface area contributed by atoms with Crippen molar-refractivity contribution in [3.05, 3.63) is 71.0 Å². The number of imidazole rings is 1. The topological polar surface area (TPSA) is 61.9 Å². The highest BCUT2D eigenvalue weighted by molar-refractivity contribution is 7.13. The molecule has 0 spiro atoms. The van der Waals surface area contributed by atoms with Gasteiger partial charge in [0, 0.05) is 17.5 Å². The molecule has 5 rings (SSSR count). The maximum atomic E-state index is 13.2. The molecule has 0 saturated carbocycles. The van der Waals surface area contributed by atoms with Crippen molar-refractivity contribution in [2.75, 3.05) is 6.54 Å². The van der Waals surface area contributed by atoms with Gasteiger partial charge >= 0.3 is 0 Å². The minimum atomic E-state index is -0.0237. The first-order valence-electron chi connectivity index (χ1n) is 9.47. The number of hydrogen-bond acceptors (Lipinski definition) is 4. The Hall–Kier alpha value is -2.99. The number of carbonyl (C=O) groups is 1. The van der Waals surface area contributed by atoms with E-state index in [1.54, 1.807) is 0 Å². The van der Waals surface area contributed by atoms with Gasteiger partial charge in [-0.3, -0.25) is 4.79 Å². The normalized spacial score (nSPS) is 16.8. The highest BCUT2D eigenvalue weighted by atomic mass is 32.1. The Morgan fingerprint density at radius 2 is 1.96 bits per heavy atom. The minimum Gasteiger partial charge on any atom is -0.340 e. The first-order valence-corrected chi connectivity index (χ1v) is 10.4. The van der Waals surface area contributed by atoms with Crippen LogP contribution in [0, 0.1) is 6.92 Å². The highest BCUT2D eigenvalue weighted by Gasteiger charge is 2.33. The van der Waals surface area contributed by atoms with Crippen molar-refractivity contribution >= 4 is 28.3 Å². The van der Waals surface area contributed by atoms with Crippen molar-refractivity contribution in [3.63, 3.8) is 0 Å². The Morgan fingerprint density at radius 1 is 1.14 bits per heavy atom. The summed E-state index contributed by atoms with van der Waals surface area (Å²) >= 11 is 1.51. The third kappa shape index (κ3) is 2.99. The molecule has 28 heavy (non-hydrogen) atoms. The van der Waals surface area contributed by atoms with E-state index in [9.17, 15) is 4.79 Å². The van der Waals surface area contributed by atoms with Gasteiger partial charge in [-0.2, -0.15) is 0 Å². The molecule has 140 valence electrons. The monoisotopic (exact) mass is 388 g/mol. The molecular weight excluding hydrogens is 368 g/mol. The van der Waals surface area contributed by atoms with Crippen molar-refractivity contribution in [2.24, 2.45) is 0 Å². The highest BCUT2D eigenvalue weighted by Crippen LogP contribution is 2.33. The molecule has 5 nitrogen and oxygen atoms in total. The fourth-order valence-electron chi connectivity index (χ4n) is 3.77. The van der Waals surface area contributed by atoms with Crippen LogP contribution in [0.4, 0.5) is 0 Å². The lowest BCUT2D eigenvalue weighted by Crippen LogP contribution is -2.31. The van der Waals surface area contributed by atoms with E-state index in [1.165, 1.54) is 16.9 Å². The summed E-state index contributed by atoms with van der Waals surface area (Å²) in [6, 6.07) is 16.2. The summed E-state index contributed by atoms with van der Waals surface area (Å²) in [7, 11) is 0. The zero-order chi connectivity index (χ0) is 19.1. The molecule has 6 heteroatoms. The second kappa shape index (κ2) is 6.87. The summed E-state index contributed by atoms with van der Waals surface area (Å²) in [6.07, 6.45) is 1.89. The van der Waals surface area contributed by atoms with Crippen LogP contribution in [-0.2, 0) is 0 Å². The van der Waals surface area contributed by atoms with E-state index in [2.05, 4.69) is 41.2 Å². The van der Waals surface area contributed by atoms with Crippen LogP contribution in [0.5, 0.6) is 0 Å². The molecule has 4 aromatic rings. The predicted octanol–water partition coefficient (Wildman–Crippen LogP) is 4.97. The van der Waals surface area contributed by atoms with E-state index in [0.29, 0.717) is 5.69 Å². The van der Waals surface area contributed by atoms with Crippen LogP contribution >= 0.6 is 11.3 Å². The lowest BCUT2D eigenvalue weighted by atomic mass is 10.2. The summed E-state index contributed by atoms with van der Waals surface area (Å²) in [5.41, 5.74) is 4.72. The SMILES string of the molecule is Cc1ccc(-c2nc(C(=O)N3CCCC3c3nc4ccccc4[nH]3)cs2)cc1. The molecule has 0 bridgehead atoms. The Kier molecular flexibility index (Phi) is 4.20. The molecular formula is C22H20N4OS. The van der Waals surface area contributed by atoms with E-state index in [0.717, 1.165) is 46.8 Å². The van der Waals surface area contributed by atoms with Gasteiger partial charge in [-0.05, 0) is 31.9 Å². The Balaban J connectivity index is 1.42. The van der Waals surface area contributed by atoms with E-state index in [4.69, 9.17) is 4.98 Å². The number of rotatable bonds is 3. The van der Waals surface area contributed by atoms with Crippen molar-refractivity contribution in [1.29, 1.82) is 0 Å². The van der Waals surface area contributed by atoms with E-state index in [1.807, 2.05) is 34.5 Å². The average Bonchev–Trinajstić information content (AvgIpc) is 3.46. The van der Waals surface area contributed by atoms with Gasteiger partial charge in [-0.25, -0.2) is 9.97 Å². The summed E-state index contributed by atoms with van der Waals surface area (Å²) in [5, 5.41) is 2.74. The van der Waals surface area contributed by atoms with Gasteiger partial charge in [-0.15, -0.1) is 11.3 Å². The number of fused-ring (bicyclic) bond motifs is 1. The number of thiazole rings is 1. The molecule has 1 aliphatic rings. The van der Waals surface area contributed by atoms with Gasteiger partial charge < -0.3 is 9.88 Å². The van der Waals surface area contributed by atoms with Gasteiger partial charge in [0.1, 0.15) is 16.5 Å². The number of nitrogens with zero attached hydrogens (tertiary/aromatic N) is 3. The molecule has 1 amide bonds. The predicted molar refractivity (Wildman–Crippen MR) is 111 cm³/mol. The number of aryl methyl sites for hydroxylation is 1. The fourth-order valence-corrected chi connectivity index (χ4v) is 4.57. The molecule has 0 aliphatic carbocycles. The molecule has 1 unspecified atom stereocenters. The average molecular weight is 388 g/mol. The number of likely N-dealkylation sites (tertiary alicyclic amines) is 1. The lowest BCUT2D eigenvalue weighted by Gasteiger charge is -2.22. The number of H-pyrrole nitrogens is 1. The van der Waals surface area contributed by atoms with Crippen LogP contribution in [0.3, 0.4) is 0 Å². The van der Waals surface area contributed by atoms with Crippen LogP contribution in [0.1, 0.15) is 40.8 Å². The van der Waals surface area contributed by atoms with E-state index in [-0.39, 0.29) is 11.9 Å². The van der Waals surface area contributed by atoms with Gasteiger partial charge in [-0.1, -0.05) is 42.0 Å². The number of hydrogen-bond donors (Lipinski definition) is 1. The minimum absolute atomic E-state index is 0.0161. The quantitative estimate of drug-likeness (QED) is 0.539. The molecule has 1 N–H and O–H groups in total. The van der Waals surface area contributed by atoms with Crippen molar-refractivity contribution in [2.45, 2.75) is 25.8 Å². The van der Waals surface area contributed by atoms with Crippen LogP contribution in [-0.4, -0.2) is 32.3 Å². The second-order valence-electron chi connectivity index (χ2n) is 7.20. The zero-order valence-electron chi connectivity index (χ0n) is 15.6. The van der Waals surface area contributed by atoms with Crippen LogP contribution in [0.2, 0.25) is 0 Å². The number of nitrogens with one attached hydrogen (secondary N) is 1. The third-order valence-corrected chi connectivity index (χ3v) is 6.15. The smallest absolute Gasteiger partial charge is 0.273 e. The van der Waals surface area contributed by atoms with Gasteiger partial charge in [0.25, 0.3) is 5.91 Å². The van der Waals surface area contributed by atoms with Gasteiger partial charge in [0.05, 0.1) is 17.1 Å². The molecule has 1 saturated heterocycles. The fraction of sp³-hybridized carbons (Fsp3) is 0.227. The van der Waals surface area contributed by atoms with E-state index < -0.39 is 0 Å². The standard InChI is InChI=1S/C22H20N4OS/c1-14-8-10-15(11-9-14)21-25-18(13-28-21)22(27)26-12-4-7-19(26)20-23-16-5-2-3-6-17(16)24-20/h2-3,5-6,8-11,13,19H,4,7,12H2,1H3,(H,23,24). The number of para-hydroxylation sites is 2. The maximum absolute atomic E-state index is 13.2. The Bertz CT molecular complexity index is 1110. The Labute approximate surface area is 167 Å². The molecule has 2 aromatic carbocycles. The van der Waals surface area contributed by atoms with E-state index >= 15 is 0 Å². The molecule has 1 aliphatic heterocycles. The van der Waals surface area contributed by atoms with Gasteiger partial charge in [0.15, 0.2) is 0 Å². The number of aromatic nitrogens is 3. The Morgan fingerprint density at radius 3 is 2.79 bits per heavy atom. The molecule has 1 atom stereocenters. The molecule has 2 aromatic heterocycles. The summed E-state index contributed by atoms with van der Waals surface area (Å²) in [5.74, 6) is 0.846. The van der Waals surface area contributed by atoms with Gasteiger partial charge in [0.2, 0.25) is 0 Å². The van der Waals surface area contributed by atoms with Crippen LogP contribution in [0.15, 0.2) is 53.9 Å². The van der Waals surface area contributed by atoms with Crippen molar-refractivity contribution in [1.82, 2.24) is 19.9 Å². The molecule has 3 heterocycles.